The van der Waals surface area contributed by atoms with Gasteiger partial charge in [-0.05, 0) is 18.2 Å². The van der Waals surface area contributed by atoms with Crippen LogP contribution in [0.3, 0.4) is 0 Å². The molecule has 1 aliphatic heterocycles. The van der Waals surface area contributed by atoms with Crippen molar-refractivity contribution in [2.45, 2.75) is 12.6 Å². The van der Waals surface area contributed by atoms with Gasteiger partial charge in [0.15, 0.2) is 0 Å². The molecule has 2 rings (SSSR count). The second-order valence-corrected chi connectivity index (χ2v) is 5.80. The van der Waals surface area contributed by atoms with Gasteiger partial charge in [0.25, 0.3) is 0 Å². The van der Waals surface area contributed by atoms with E-state index >= 15 is 0 Å². The molecule has 0 radical (unpaired) electrons. The third-order valence-electron chi connectivity index (χ3n) is 3.76. The summed E-state index contributed by atoms with van der Waals surface area (Å²) in [6, 6.07) is 3.54. The number of piperazine rings is 1. The van der Waals surface area contributed by atoms with Gasteiger partial charge < -0.3 is 15.1 Å². The second-order valence-electron chi connectivity index (χ2n) is 5.39. The number of anilines is 1. The molecule has 1 saturated heterocycles. The number of nitrogens with zero attached hydrogens (tertiary/aromatic N) is 2. The predicted molar refractivity (Wildman–Crippen MR) is 83.8 cm³/mol. The SMILES string of the molecule is O=CN1CCN(C(=O)CCNc2ccc(Cl)c(C(F)(F)F)c2)CC1. The number of rotatable bonds is 5. The highest BCUT2D eigenvalue weighted by atomic mass is 35.5. The van der Waals surface area contributed by atoms with Gasteiger partial charge in [-0.25, -0.2) is 0 Å². The van der Waals surface area contributed by atoms with Gasteiger partial charge in [-0.3, -0.25) is 9.59 Å². The Hall–Kier alpha value is -1.96. The summed E-state index contributed by atoms with van der Waals surface area (Å²) in [6.45, 7) is 2.14. The minimum Gasteiger partial charge on any atom is -0.385 e. The fraction of sp³-hybridized carbons (Fsp3) is 0.467. The zero-order valence-electron chi connectivity index (χ0n) is 12.8. The highest BCUT2D eigenvalue weighted by Crippen LogP contribution is 2.36. The van der Waals surface area contributed by atoms with E-state index in [1.807, 2.05) is 0 Å². The third-order valence-corrected chi connectivity index (χ3v) is 4.09. The molecule has 1 aromatic rings. The number of carbonyl (C=O) groups is 2. The van der Waals surface area contributed by atoms with Crippen LogP contribution >= 0.6 is 11.6 Å². The number of amides is 2. The average molecular weight is 364 g/mol. The summed E-state index contributed by atoms with van der Waals surface area (Å²) in [5.74, 6) is -0.0990. The Balaban J connectivity index is 1.84. The smallest absolute Gasteiger partial charge is 0.385 e. The van der Waals surface area contributed by atoms with E-state index in [0.29, 0.717) is 26.2 Å². The van der Waals surface area contributed by atoms with Crippen molar-refractivity contribution in [2.75, 3.05) is 38.0 Å². The van der Waals surface area contributed by atoms with Gasteiger partial charge in [0, 0.05) is 44.8 Å². The van der Waals surface area contributed by atoms with Crippen molar-refractivity contribution in [3.8, 4) is 0 Å². The number of benzene rings is 1. The topological polar surface area (TPSA) is 52.7 Å². The van der Waals surface area contributed by atoms with Gasteiger partial charge in [-0.15, -0.1) is 0 Å². The Labute approximate surface area is 142 Å². The fourth-order valence-electron chi connectivity index (χ4n) is 2.40. The molecular formula is C15H17ClF3N3O2. The van der Waals surface area contributed by atoms with E-state index in [-0.39, 0.29) is 29.6 Å². The molecule has 132 valence electrons. The summed E-state index contributed by atoms with van der Waals surface area (Å²) in [4.78, 5) is 25.9. The van der Waals surface area contributed by atoms with Gasteiger partial charge in [-0.2, -0.15) is 13.2 Å². The first kappa shape index (κ1) is 18.4. The normalized spacial score (nSPS) is 15.3. The first-order valence-corrected chi connectivity index (χ1v) is 7.77. The zero-order valence-corrected chi connectivity index (χ0v) is 13.5. The van der Waals surface area contributed by atoms with Crippen molar-refractivity contribution >= 4 is 29.6 Å². The molecule has 2 amide bonds. The molecule has 0 atom stereocenters. The zero-order chi connectivity index (χ0) is 17.7. The molecule has 1 aliphatic rings. The van der Waals surface area contributed by atoms with E-state index in [0.717, 1.165) is 12.5 Å². The molecule has 0 unspecified atom stereocenters. The highest BCUT2D eigenvalue weighted by Gasteiger charge is 2.33. The number of hydrogen-bond acceptors (Lipinski definition) is 3. The van der Waals surface area contributed by atoms with Crippen molar-refractivity contribution in [2.24, 2.45) is 0 Å². The molecule has 0 bridgehead atoms. The molecule has 0 aromatic heterocycles. The number of nitrogens with one attached hydrogen (secondary N) is 1. The summed E-state index contributed by atoms with van der Waals surface area (Å²) in [5, 5.41) is 2.44. The van der Waals surface area contributed by atoms with Gasteiger partial charge >= 0.3 is 6.18 Å². The molecule has 0 aliphatic carbocycles. The lowest BCUT2D eigenvalue weighted by Gasteiger charge is -2.32. The maximum absolute atomic E-state index is 12.8. The quantitative estimate of drug-likeness (QED) is 0.818. The van der Waals surface area contributed by atoms with Crippen molar-refractivity contribution in [3.05, 3.63) is 28.8 Å². The second kappa shape index (κ2) is 7.74. The minimum absolute atomic E-state index is 0.0990. The monoisotopic (exact) mass is 363 g/mol. The minimum atomic E-state index is -4.52. The Kier molecular flexibility index (Phi) is 5.93. The Morgan fingerprint density at radius 3 is 2.50 bits per heavy atom. The van der Waals surface area contributed by atoms with E-state index in [1.165, 1.54) is 12.1 Å². The standard InChI is InChI=1S/C15H17ClF3N3O2/c16-13-2-1-11(9-12(13)15(17,18)19)20-4-3-14(24)22-7-5-21(10-23)6-8-22/h1-2,9-10,20H,3-8H2. The summed E-state index contributed by atoms with van der Waals surface area (Å²) in [6.07, 6.45) is -3.62. The summed E-state index contributed by atoms with van der Waals surface area (Å²) < 4.78 is 38.3. The van der Waals surface area contributed by atoms with E-state index in [1.54, 1.807) is 9.80 Å². The number of carbonyl (C=O) groups excluding carboxylic acids is 2. The van der Waals surface area contributed by atoms with Crippen LogP contribution in [0.4, 0.5) is 18.9 Å². The molecule has 1 heterocycles. The molecule has 5 nitrogen and oxygen atoms in total. The van der Waals surface area contributed by atoms with Crippen molar-refractivity contribution < 1.29 is 22.8 Å². The molecule has 1 aromatic carbocycles. The van der Waals surface area contributed by atoms with Crippen LogP contribution in [-0.2, 0) is 15.8 Å². The third kappa shape index (κ3) is 4.77. The largest absolute Gasteiger partial charge is 0.417 e. The summed E-state index contributed by atoms with van der Waals surface area (Å²) >= 11 is 5.55. The van der Waals surface area contributed by atoms with Crippen LogP contribution in [0.25, 0.3) is 0 Å². The molecule has 24 heavy (non-hydrogen) atoms. The molecule has 1 fully saturated rings. The first-order valence-electron chi connectivity index (χ1n) is 7.39. The lowest BCUT2D eigenvalue weighted by molar-refractivity contribution is -0.137. The van der Waals surface area contributed by atoms with Crippen LogP contribution in [0.15, 0.2) is 18.2 Å². The summed E-state index contributed by atoms with van der Waals surface area (Å²) in [7, 11) is 0. The van der Waals surface area contributed by atoms with Gasteiger partial charge in [-0.1, -0.05) is 11.6 Å². The van der Waals surface area contributed by atoms with Gasteiger partial charge in [0.2, 0.25) is 12.3 Å². The van der Waals surface area contributed by atoms with Crippen LogP contribution in [0.5, 0.6) is 0 Å². The Bertz CT molecular complexity index is 602. The maximum atomic E-state index is 12.8. The summed E-state index contributed by atoms with van der Waals surface area (Å²) in [5.41, 5.74) is -0.657. The number of alkyl halides is 3. The number of halogens is 4. The van der Waals surface area contributed by atoms with Gasteiger partial charge in [0.05, 0.1) is 10.6 Å². The average Bonchev–Trinajstić information content (AvgIpc) is 2.55. The van der Waals surface area contributed by atoms with E-state index < -0.39 is 11.7 Å². The van der Waals surface area contributed by atoms with Crippen LogP contribution in [0.2, 0.25) is 5.02 Å². The Morgan fingerprint density at radius 2 is 1.92 bits per heavy atom. The van der Waals surface area contributed by atoms with Crippen molar-refractivity contribution in [1.82, 2.24) is 9.80 Å². The lowest BCUT2D eigenvalue weighted by Crippen LogP contribution is -2.48. The van der Waals surface area contributed by atoms with E-state index in [2.05, 4.69) is 5.32 Å². The highest BCUT2D eigenvalue weighted by molar-refractivity contribution is 6.31. The Morgan fingerprint density at radius 1 is 1.25 bits per heavy atom. The van der Waals surface area contributed by atoms with Crippen molar-refractivity contribution in [1.29, 1.82) is 0 Å². The number of hydrogen-bond donors (Lipinski definition) is 1. The maximum Gasteiger partial charge on any atom is 0.417 e. The van der Waals surface area contributed by atoms with Crippen LogP contribution in [0.1, 0.15) is 12.0 Å². The van der Waals surface area contributed by atoms with Crippen LogP contribution in [-0.4, -0.2) is 54.8 Å². The predicted octanol–water partition coefficient (Wildman–Crippen LogP) is 2.46. The van der Waals surface area contributed by atoms with E-state index in [9.17, 15) is 22.8 Å². The molecule has 0 saturated carbocycles. The molecule has 1 N–H and O–H groups in total. The van der Waals surface area contributed by atoms with Gasteiger partial charge in [0.1, 0.15) is 0 Å². The molecular weight excluding hydrogens is 347 g/mol. The van der Waals surface area contributed by atoms with E-state index in [4.69, 9.17) is 11.6 Å². The molecule has 0 spiro atoms. The first-order chi connectivity index (χ1) is 11.3. The van der Waals surface area contributed by atoms with Crippen LogP contribution in [0, 0.1) is 0 Å². The molecule has 9 heteroatoms. The van der Waals surface area contributed by atoms with Crippen molar-refractivity contribution in [3.63, 3.8) is 0 Å². The van der Waals surface area contributed by atoms with Crippen LogP contribution < -0.4 is 5.32 Å². The lowest BCUT2D eigenvalue weighted by atomic mass is 10.2. The fourth-order valence-corrected chi connectivity index (χ4v) is 2.63.